The van der Waals surface area contributed by atoms with Crippen LogP contribution in [-0.4, -0.2) is 10.5 Å². The quantitative estimate of drug-likeness (QED) is 0.591. The number of thiocarbonyl (C=S) groups is 1. The summed E-state index contributed by atoms with van der Waals surface area (Å²) in [5.74, 6) is 0. The SMILES string of the molecule is CSC(=S)c1ccccc1. The maximum absolute atomic E-state index is 5.08. The molecule has 0 N–H and O–H groups in total. The zero-order valence-corrected chi connectivity index (χ0v) is 7.34. The lowest BCUT2D eigenvalue weighted by molar-refractivity contribution is 1.69. The van der Waals surface area contributed by atoms with E-state index >= 15 is 0 Å². The molecule has 0 aliphatic carbocycles. The maximum atomic E-state index is 5.08. The normalized spacial score (nSPS) is 9.30. The van der Waals surface area contributed by atoms with E-state index in [-0.39, 0.29) is 0 Å². The Morgan fingerprint density at radius 2 is 1.90 bits per heavy atom. The molecule has 0 bridgehead atoms. The summed E-state index contributed by atoms with van der Waals surface area (Å²) in [6, 6.07) is 10.0. The van der Waals surface area contributed by atoms with E-state index in [1.807, 2.05) is 36.6 Å². The number of thioether (sulfide) groups is 1. The van der Waals surface area contributed by atoms with Crippen LogP contribution in [0.5, 0.6) is 0 Å². The summed E-state index contributed by atoms with van der Waals surface area (Å²) >= 11 is 6.69. The molecule has 0 amide bonds. The van der Waals surface area contributed by atoms with Gasteiger partial charge in [0.2, 0.25) is 0 Å². The predicted octanol–water partition coefficient (Wildman–Crippen LogP) is 2.73. The van der Waals surface area contributed by atoms with Crippen LogP contribution in [0.4, 0.5) is 0 Å². The highest BCUT2D eigenvalue weighted by Gasteiger charge is 1.94. The topological polar surface area (TPSA) is 0 Å². The third kappa shape index (κ3) is 1.82. The second-order valence-electron chi connectivity index (χ2n) is 1.86. The van der Waals surface area contributed by atoms with Crippen molar-refractivity contribution >= 4 is 28.2 Å². The fourth-order valence-electron chi connectivity index (χ4n) is 0.692. The number of benzene rings is 1. The minimum absolute atomic E-state index is 0.959. The van der Waals surface area contributed by atoms with Crippen LogP contribution in [-0.2, 0) is 0 Å². The number of hydrogen-bond acceptors (Lipinski definition) is 2. The molecule has 0 spiro atoms. The van der Waals surface area contributed by atoms with Gasteiger partial charge in [0.25, 0.3) is 0 Å². The average Bonchev–Trinajstić information content (AvgIpc) is 2.05. The van der Waals surface area contributed by atoms with E-state index < -0.39 is 0 Å². The summed E-state index contributed by atoms with van der Waals surface area (Å²) in [6.07, 6.45) is 2.00. The van der Waals surface area contributed by atoms with Crippen molar-refractivity contribution in [2.24, 2.45) is 0 Å². The van der Waals surface area contributed by atoms with Crippen LogP contribution in [0.1, 0.15) is 5.56 Å². The lowest BCUT2D eigenvalue weighted by Gasteiger charge is -1.96. The molecule has 0 fully saturated rings. The molecule has 0 aromatic heterocycles. The molecule has 0 saturated heterocycles. The van der Waals surface area contributed by atoms with Crippen LogP contribution < -0.4 is 0 Å². The van der Waals surface area contributed by atoms with E-state index in [2.05, 4.69) is 0 Å². The molecule has 0 saturated carbocycles. The lowest BCUT2D eigenvalue weighted by atomic mass is 10.2. The van der Waals surface area contributed by atoms with Crippen molar-refractivity contribution in [1.82, 2.24) is 0 Å². The zero-order valence-electron chi connectivity index (χ0n) is 5.70. The first-order chi connectivity index (χ1) is 4.84. The minimum Gasteiger partial charge on any atom is -0.117 e. The predicted molar refractivity (Wildman–Crippen MR) is 51.7 cm³/mol. The summed E-state index contributed by atoms with van der Waals surface area (Å²) in [7, 11) is 0. The number of rotatable bonds is 1. The first-order valence-corrected chi connectivity index (χ1v) is 4.61. The van der Waals surface area contributed by atoms with Crippen LogP contribution in [0.15, 0.2) is 30.3 Å². The van der Waals surface area contributed by atoms with Crippen LogP contribution in [0, 0.1) is 0 Å². The molecule has 2 heteroatoms. The second kappa shape index (κ2) is 3.74. The molecule has 52 valence electrons. The highest BCUT2D eigenvalue weighted by Crippen LogP contribution is 2.09. The van der Waals surface area contributed by atoms with Gasteiger partial charge in [-0.1, -0.05) is 42.5 Å². The van der Waals surface area contributed by atoms with Gasteiger partial charge in [-0.25, -0.2) is 0 Å². The Hall–Kier alpha value is -0.340. The van der Waals surface area contributed by atoms with E-state index in [4.69, 9.17) is 12.2 Å². The van der Waals surface area contributed by atoms with Crippen molar-refractivity contribution in [2.75, 3.05) is 6.26 Å². The monoisotopic (exact) mass is 168 g/mol. The van der Waals surface area contributed by atoms with Crippen molar-refractivity contribution < 1.29 is 0 Å². The summed E-state index contributed by atoms with van der Waals surface area (Å²) in [6.45, 7) is 0. The molecule has 0 aliphatic heterocycles. The molecule has 0 aliphatic rings. The van der Waals surface area contributed by atoms with Crippen LogP contribution in [0.3, 0.4) is 0 Å². The molecule has 10 heavy (non-hydrogen) atoms. The first kappa shape index (κ1) is 7.76. The minimum atomic E-state index is 0.959. The van der Waals surface area contributed by atoms with E-state index in [9.17, 15) is 0 Å². The summed E-state index contributed by atoms with van der Waals surface area (Å²) in [4.78, 5) is 0. The highest BCUT2D eigenvalue weighted by atomic mass is 32.2. The summed E-state index contributed by atoms with van der Waals surface area (Å²) in [5.41, 5.74) is 1.14. The molecule has 1 aromatic carbocycles. The zero-order chi connectivity index (χ0) is 7.40. The summed E-state index contributed by atoms with van der Waals surface area (Å²) in [5, 5.41) is 0. The van der Waals surface area contributed by atoms with Crippen molar-refractivity contribution in [3.8, 4) is 0 Å². The van der Waals surface area contributed by atoms with E-state index in [0.29, 0.717) is 0 Å². The van der Waals surface area contributed by atoms with E-state index in [0.717, 1.165) is 9.76 Å². The Bertz CT molecular complexity index is 216. The van der Waals surface area contributed by atoms with Gasteiger partial charge in [-0.15, -0.1) is 11.8 Å². The molecule has 0 heterocycles. The van der Waals surface area contributed by atoms with Gasteiger partial charge in [0.15, 0.2) is 0 Å². The average molecular weight is 168 g/mol. The van der Waals surface area contributed by atoms with Crippen LogP contribution >= 0.6 is 24.0 Å². The molecule has 0 unspecified atom stereocenters. The molecular weight excluding hydrogens is 160 g/mol. The van der Waals surface area contributed by atoms with Gasteiger partial charge in [-0.05, 0) is 11.8 Å². The molecule has 0 radical (unpaired) electrons. The third-order valence-corrected chi connectivity index (χ3v) is 2.54. The fourth-order valence-corrected chi connectivity index (χ4v) is 1.20. The standard InChI is InChI=1S/C8H8S2/c1-10-8(9)7-5-3-2-4-6-7/h2-6H,1H3. The maximum Gasteiger partial charge on any atom is 0.0775 e. The van der Waals surface area contributed by atoms with Crippen LogP contribution in [0.2, 0.25) is 0 Å². The third-order valence-electron chi connectivity index (χ3n) is 1.19. The Balaban J connectivity index is 2.85. The Kier molecular flexibility index (Phi) is 2.90. The van der Waals surface area contributed by atoms with E-state index in [1.165, 1.54) is 0 Å². The van der Waals surface area contributed by atoms with Gasteiger partial charge in [-0.3, -0.25) is 0 Å². The Morgan fingerprint density at radius 1 is 1.30 bits per heavy atom. The smallest absolute Gasteiger partial charge is 0.0775 e. The molecule has 1 rings (SSSR count). The van der Waals surface area contributed by atoms with Gasteiger partial charge in [0.05, 0.1) is 4.20 Å². The first-order valence-electron chi connectivity index (χ1n) is 2.98. The largest absolute Gasteiger partial charge is 0.117 e. The lowest BCUT2D eigenvalue weighted by Crippen LogP contribution is -1.87. The second-order valence-corrected chi connectivity index (χ2v) is 3.34. The number of hydrogen-bond donors (Lipinski definition) is 0. The van der Waals surface area contributed by atoms with Gasteiger partial charge in [0.1, 0.15) is 0 Å². The molecule has 0 atom stereocenters. The van der Waals surface area contributed by atoms with Gasteiger partial charge < -0.3 is 0 Å². The fraction of sp³-hybridized carbons (Fsp3) is 0.125. The van der Waals surface area contributed by atoms with Crippen molar-refractivity contribution in [1.29, 1.82) is 0 Å². The Morgan fingerprint density at radius 3 is 2.40 bits per heavy atom. The van der Waals surface area contributed by atoms with Crippen LogP contribution in [0.25, 0.3) is 0 Å². The molecule has 0 nitrogen and oxygen atoms in total. The Labute approximate surface area is 70.6 Å². The van der Waals surface area contributed by atoms with Crippen molar-refractivity contribution in [2.45, 2.75) is 0 Å². The highest BCUT2D eigenvalue weighted by molar-refractivity contribution is 8.23. The molecular formula is C8H8S2. The van der Waals surface area contributed by atoms with Crippen molar-refractivity contribution in [3.63, 3.8) is 0 Å². The van der Waals surface area contributed by atoms with Crippen molar-refractivity contribution in [3.05, 3.63) is 35.9 Å². The van der Waals surface area contributed by atoms with Gasteiger partial charge in [0, 0.05) is 0 Å². The molecule has 1 aromatic rings. The van der Waals surface area contributed by atoms with Gasteiger partial charge in [-0.2, -0.15) is 0 Å². The van der Waals surface area contributed by atoms with E-state index in [1.54, 1.807) is 11.8 Å². The van der Waals surface area contributed by atoms with Gasteiger partial charge >= 0.3 is 0 Å². The summed E-state index contributed by atoms with van der Waals surface area (Å²) < 4.78 is 0.959.